The maximum Gasteiger partial charge on any atom is 0.194 e. The van der Waals surface area contributed by atoms with Gasteiger partial charge in [0.25, 0.3) is 0 Å². The molecule has 0 nitrogen and oxygen atoms in total. The predicted octanol–water partition coefficient (Wildman–Crippen LogP) is 6.54. The highest BCUT2D eigenvalue weighted by Crippen LogP contribution is 2.45. The first-order chi connectivity index (χ1) is 11.5. The van der Waals surface area contributed by atoms with Crippen LogP contribution in [0, 0.1) is 35.2 Å². The molecule has 2 aliphatic rings. The summed E-state index contributed by atoms with van der Waals surface area (Å²) in [6.07, 6.45) is 6.92. The first-order valence-corrected chi connectivity index (χ1v) is 9.28. The zero-order valence-electron chi connectivity index (χ0n) is 14.2. The van der Waals surface area contributed by atoms with Crippen LogP contribution >= 0.6 is 0 Å². The highest BCUT2D eigenvalue weighted by molar-refractivity contribution is 5.25. The summed E-state index contributed by atoms with van der Waals surface area (Å²) in [6.45, 7) is 2.23. The van der Waals surface area contributed by atoms with Crippen molar-refractivity contribution in [3.8, 4) is 0 Å². The topological polar surface area (TPSA) is 0 Å². The van der Waals surface area contributed by atoms with E-state index in [9.17, 15) is 17.6 Å². The van der Waals surface area contributed by atoms with Crippen LogP contribution in [0.15, 0.2) is 12.1 Å². The van der Waals surface area contributed by atoms with Gasteiger partial charge in [-0.1, -0.05) is 26.2 Å². The average molecular weight is 342 g/mol. The molecule has 0 bridgehead atoms. The minimum atomic E-state index is -1.48. The molecule has 2 fully saturated rings. The Balaban J connectivity index is 1.63. The van der Waals surface area contributed by atoms with Gasteiger partial charge < -0.3 is 0 Å². The molecule has 0 radical (unpaired) electrons. The number of benzene rings is 1. The van der Waals surface area contributed by atoms with Gasteiger partial charge in [0, 0.05) is 5.92 Å². The molecule has 2 saturated carbocycles. The number of hydrogen-bond acceptors (Lipinski definition) is 0. The highest BCUT2D eigenvalue weighted by Gasteiger charge is 2.37. The zero-order chi connectivity index (χ0) is 17.3. The van der Waals surface area contributed by atoms with Crippen molar-refractivity contribution in [1.82, 2.24) is 0 Å². The third-order valence-corrected chi connectivity index (χ3v) is 6.38. The molecule has 24 heavy (non-hydrogen) atoms. The minimum Gasteiger partial charge on any atom is -0.247 e. The molecule has 0 N–H and O–H groups in total. The Morgan fingerprint density at radius 1 is 0.875 bits per heavy atom. The fourth-order valence-electron chi connectivity index (χ4n) is 4.81. The van der Waals surface area contributed by atoms with E-state index in [1.165, 1.54) is 32.1 Å². The maximum absolute atomic E-state index is 14.7. The molecule has 134 valence electrons. The molecule has 0 saturated heterocycles. The van der Waals surface area contributed by atoms with Crippen molar-refractivity contribution in [2.75, 3.05) is 0 Å². The lowest BCUT2D eigenvalue weighted by molar-refractivity contribution is 0.102. The second-order valence-corrected chi connectivity index (χ2v) is 7.68. The van der Waals surface area contributed by atoms with Gasteiger partial charge in [-0.05, 0) is 67.6 Å². The summed E-state index contributed by atoms with van der Waals surface area (Å²) in [6, 6.07) is 1.92. The lowest BCUT2D eigenvalue weighted by Crippen LogP contribution is -2.31. The van der Waals surface area contributed by atoms with Gasteiger partial charge in [0.15, 0.2) is 17.5 Å². The van der Waals surface area contributed by atoms with Crippen molar-refractivity contribution in [3.05, 3.63) is 35.1 Å². The lowest BCUT2D eigenvalue weighted by Gasteiger charge is -2.39. The van der Waals surface area contributed by atoms with Gasteiger partial charge in [-0.3, -0.25) is 0 Å². The van der Waals surface area contributed by atoms with Crippen LogP contribution in [0.25, 0.3) is 0 Å². The van der Waals surface area contributed by atoms with Gasteiger partial charge in [-0.15, -0.1) is 0 Å². The van der Waals surface area contributed by atoms with Gasteiger partial charge in [-0.2, -0.15) is 0 Å². The molecule has 3 unspecified atom stereocenters. The van der Waals surface area contributed by atoms with E-state index in [0.29, 0.717) is 24.7 Å². The third kappa shape index (κ3) is 3.62. The third-order valence-electron chi connectivity index (χ3n) is 6.38. The number of alkyl halides is 1. The van der Waals surface area contributed by atoms with Crippen LogP contribution in [0.4, 0.5) is 17.6 Å². The first kappa shape index (κ1) is 17.8. The molecular formula is C20H26F4. The monoisotopic (exact) mass is 342 g/mol. The fraction of sp³-hybridized carbons (Fsp3) is 0.700. The molecule has 2 aliphatic carbocycles. The Kier molecular flexibility index (Phi) is 5.51. The first-order valence-electron chi connectivity index (χ1n) is 9.28. The molecular weight excluding hydrogens is 316 g/mol. The molecule has 0 aliphatic heterocycles. The van der Waals surface area contributed by atoms with E-state index in [4.69, 9.17) is 0 Å². The SMILES string of the molecule is CCC1CCC(C2CCC(c3cc(F)c(F)c(F)c3)C(F)C2)CC1. The van der Waals surface area contributed by atoms with Crippen molar-refractivity contribution >= 4 is 0 Å². The molecule has 3 atom stereocenters. The summed E-state index contributed by atoms with van der Waals surface area (Å²) in [5.41, 5.74) is 0.257. The van der Waals surface area contributed by atoms with E-state index in [2.05, 4.69) is 6.92 Å². The predicted molar refractivity (Wildman–Crippen MR) is 87.0 cm³/mol. The second-order valence-electron chi connectivity index (χ2n) is 7.68. The van der Waals surface area contributed by atoms with Crippen LogP contribution in [-0.4, -0.2) is 6.17 Å². The molecule has 0 heterocycles. The van der Waals surface area contributed by atoms with Gasteiger partial charge in [0.2, 0.25) is 0 Å². The summed E-state index contributed by atoms with van der Waals surface area (Å²) in [5, 5.41) is 0. The Bertz CT molecular complexity index is 540. The van der Waals surface area contributed by atoms with Crippen molar-refractivity contribution < 1.29 is 17.6 Å². The van der Waals surface area contributed by atoms with E-state index in [-0.39, 0.29) is 5.56 Å². The maximum atomic E-state index is 14.7. The molecule has 1 aromatic rings. The summed E-state index contributed by atoms with van der Waals surface area (Å²) >= 11 is 0. The van der Waals surface area contributed by atoms with Gasteiger partial charge in [-0.25, -0.2) is 17.6 Å². The Labute approximate surface area is 141 Å². The smallest absolute Gasteiger partial charge is 0.194 e. The van der Waals surface area contributed by atoms with E-state index < -0.39 is 29.5 Å². The molecule has 0 aromatic heterocycles. The molecule has 4 heteroatoms. The fourth-order valence-corrected chi connectivity index (χ4v) is 4.81. The summed E-state index contributed by atoms with van der Waals surface area (Å²) in [7, 11) is 0. The number of rotatable bonds is 3. The van der Waals surface area contributed by atoms with Crippen LogP contribution in [0.3, 0.4) is 0 Å². The molecule has 0 amide bonds. The highest BCUT2D eigenvalue weighted by atomic mass is 19.2. The van der Waals surface area contributed by atoms with E-state index >= 15 is 0 Å². The van der Waals surface area contributed by atoms with Crippen LogP contribution in [-0.2, 0) is 0 Å². The van der Waals surface area contributed by atoms with Gasteiger partial charge in [0.1, 0.15) is 6.17 Å². The Morgan fingerprint density at radius 3 is 2.00 bits per heavy atom. The molecule has 3 rings (SSSR count). The van der Waals surface area contributed by atoms with Gasteiger partial charge >= 0.3 is 0 Å². The largest absolute Gasteiger partial charge is 0.247 e. The molecule has 0 spiro atoms. The molecule has 1 aromatic carbocycles. The van der Waals surface area contributed by atoms with E-state index in [0.717, 1.165) is 24.5 Å². The normalized spacial score (nSPS) is 34.3. The Morgan fingerprint density at radius 2 is 1.46 bits per heavy atom. The van der Waals surface area contributed by atoms with Crippen molar-refractivity contribution in [3.63, 3.8) is 0 Å². The number of halogens is 4. The summed E-state index contributed by atoms with van der Waals surface area (Å²) in [4.78, 5) is 0. The zero-order valence-corrected chi connectivity index (χ0v) is 14.2. The van der Waals surface area contributed by atoms with E-state index in [1.807, 2.05) is 0 Å². The van der Waals surface area contributed by atoms with Crippen LogP contribution in [0.5, 0.6) is 0 Å². The van der Waals surface area contributed by atoms with E-state index in [1.54, 1.807) is 0 Å². The van der Waals surface area contributed by atoms with Crippen LogP contribution < -0.4 is 0 Å². The average Bonchev–Trinajstić information content (AvgIpc) is 2.59. The minimum absolute atomic E-state index is 0.257. The second kappa shape index (κ2) is 7.45. The van der Waals surface area contributed by atoms with Crippen molar-refractivity contribution in [2.45, 2.75) is 70.4 Å². The lowest BCUT2D eigenvalue weighted by atomic mass is 9.67. The van der Waals surface area contributed by atoms with Crippen molar-refractivity contribution in [1.29, 1.82) is 0 Å². The Hall–Kier alpha value is -1.06. The quantitative estimate of drug-likeness (QED) is 0.432. The van der Waals surface area contributed by atoms with Gasteiger partial charge in [0.05, 0.1) is 0 Å². The van der Waals surface area contributed by atoms with Crippen LogP contribution in [0.1, 0.15) is 69.8 Å². The number of hydrogen-bond donors (Lipinski definition) is 0. The standard InChI is InChI=1S/C20H26F4/c1-2-12-3-5-13(6-4-12)14-7-8-16(17(21)9-14)15-10-18(22)20(24)19(23)11-15/h10-14,16-17H,2-9H2,1H3. The van der Waals surface area contributed by atoms with Crippen molar-refractivity contribution in [2.24, 2.45) is 17.8 Å². The summed E-state index contributed by atoms with van der Waals surface area (Å²) < 4.78 is 54.6. The van der Waals surface area contributed by atoms with Crippen LogP contribution in [0.2, 0.25) is 0 Å². The summed E-state index contributed by atoms with van der Waals surface area (Å²) in [5.74, 6) is -2.65.